The van der Waals surface area contributed by atoms with Gasteiger partial charge in [0.2, 0.25) is 17.7 Å². The fourth-order valence-corrected chi connectivity index (χ4v) is 3.64. The molecule has 1 heterocycles. The molecule has 5 atom stereocenters. The van der Waals surface area contributed by atoms with E-state index in [4.69, 9.17) is 0 Å². The fourth-order valence-electron chi connectivity index (χ4n) is 3.64. The molecule has 0 spiro atoms. The van der Waals surface area contributed by atoms with Crippen molar-refractivity contribution >= 4 is 23.7 Å². The Morgan fingerprint density at radius 1 is 1.06 bits per heavy atom. The van der Waals surface area contributed by atoms with Gasteiger partial charge in [0, 0.05) is 6.42 Å². The van der Waals surface area contributed by atoms with E-state index in [-0.39, 0.29) is 24.3 Å². The zero-order valence-corrected chi connectivity index (χ0v) is 19.0. The van der Waals surface area contributed by atoms with Gasteiger partial charge in [-0.3, -0.25) is 14.4 Å². The Morgan fingerprint density at radius 2 is 1.73 bits per heavy atom. The molecule has 0 aromatic heterocycles. The molecular weight excluding hydrogens is 428 g/mol. The van der Waals surface area contributed by atoms with Crippen LogP contribution in [0.1, 0.15) is 38.7 Å². The maximum atomic E-state index is 13.0. The Balaban J connectivity index is 2.11. The zero-order valence-electron chi connectivity index (χ0n) is 19.0. The first-order valence-corrected chi connectivity index (χ1v) is 11.3. The van der Waals surface area contributed by atoms with Crippen LogP contribution in [0.4, 0.5) is 0 Å². The number of benzene rings is 1. The number of carbonyl (C=O) groups is 4. The Hall–Kier alpha value is -2.98. The minimum atomic E-state index is -1.36. The molecule has 1 fully saturated rings. The van der Waals surface area contributed by atoms with Crippen molar-refractivity contribution < 1.29 is 29.4 Å². The molecule has 6 N–H and O–H groups in total. The molecule has 33 heavy (non-hydrogen) atoms. The number of nitrogens with one attached hydrogen (secondary N) is 4. The Morgan fingerprint density at radius 3 is 2.27 bits per heavy atom. The molecule has 1 aliphatic heterocycles. The second kappa shape index (κ2) is 12.9. The molecular formula is C23H34N4O6. The van der Waals surface area contributed by atoms with Crippen LogP contribution in [0.5, 0.6) is 0 Å². The molecule has 2 rings (SSSR count). The second-order valence-corrected chi connectivity index (χ2v) is 8.35. The molecule has 0 aliphatic carbocycles. The molecule has 182 valence electrons. The first-order chi connectivity index (χ1) is 15.8. The number of carboxylic acids is 1. The summed E-state index contributed by atoms with van der Waals surface area (Å²) in [6.45, 7) is 3.49. The third kappa shape index (κ3) is 7.83. The van der Waals surface area contributed by atoms with Crippen molar-refractivity contribution in [2.75, 3.05) is 13.2 Å². The highest BCUT2D eigenvalue weighted by Gasteiger charge is 2.32. The lowest BCUT2D eigenvalue weighted by Gasteiger charge is -2.25. The van der Waals surface area contributed by atoms with E-state index < -0.39 is 42.5 Å². The first-order valence-electron chi connectivity index (χ1n) is 11.3. The third-order valence-corrected chi connectivity index (χ3v) is 5.88. The molecule has 0 radical (unpaired) electrons. The number of aliphatic hydroxyl groups is 1. The van der Waals surface area contributed by atoms with Crippen molar-refractivity contribution in [1.29, 1.82) is 0 Å². The van der Waals surface area contributed by atoms with Gasteiger partial charge in [-0.15, -0.1) is 0 Å². The van der Waals surface area contributed by atoms with Gasteiger partial charge in [0.15, 0.2) is 0 Å². The topological polar surface area (TPSA) is 157 Å². The summed E-state index contributed by atoms with van der Waals surface area (Å²) >= 11 is 0. The van der Waals surface area contributed by atoms with Crippen LogP contribution in [0, 0.1) is 5.92 Å². The van der Waals surface area contributed by atoms with Crippen molar-refractivity contribution in [3.63, 3.8) is 0 Å². The van der Waals surface area contributed by atoms with E-state index in [0.717, 1.165) is 18.5 Å². The molecule has 5 unspecified atom stereocenters. The van der Waals surface area contributed by atoms with Crippen molar-refractivity contribution in [2.24, 2.45) is 5.92 Å². The lowest BCUT2D eigenvalue weighted by atomic mass is 9.99. The van der Waals surface area contributed by atoms with Crippen LogP contribution in [-0.4, -0.2) is 71.2 Å². The van der Waals surface area contributed by atoms with Gasteiger partial charge in [-0.2, -0.15) is 0 Å². The highest BCUT2D eigenvalue weighted by Crippen LogP contribution is 2.10. The third-order valence-electron chi connectivity index (χ3n) is 5.88. The number of hydrogen-bond donors (Lipinski definition) is 6. The van der Waals surface area contributed by atoms with Gasteiger partial charge < -0.3 is 31.5 Å². The van der Waals surface area contributed by atoms with Crippen LogP contribution in [0.15, 0.2) is 30.3 Å². The Labute approximate surface area is 193 Å². The van der Waals surface area contributed by atoms with Gasteiger partial charge >= 0.3 is 5.97 Å². The summed E-state index contributed by atoms with van der Waals surface area (Å²) in [6, 6.07) is 5.23. The van der Waals surface area contributed by atoms with Gasteiger partial charge in [0.05, 0.1) is 12.6 Å². The van der Waals surface area contributed by atoms with Crippen LogP contribution in [0.2, 0.25) is 0 Å². The normalized spacial score (nSPS) is 19.1. The highest BCUT2D eigenvalue weighted by molar-refractivity contribution is 5.94. The van der Waals surface area contributed by atoms with Crippen LogP contribution in [0.3, 0.4) is 0 Å². The molecule has 0 bridgehead atoms. The number of carboxylic acid groups (broad SMARTS) is 1. The van der Waals surface area contributed by atoms with Gasteiger partial charge in [-0.25, -0.2) is 4.79 Å². The van der Waals surface area contributed by atoms with Crippen molar-refractivity contribution in [1.82, 2.24) is 21.3 Å². The summed E-state index contributed by atoms with van der Waals surface area (Å²) in [5.41, 5.74) is 0.810. The number of hydrogen-bond acceptors (Lipinski definition) is 6. The van der Waals surface area contributed by atoms with E-state index in [0.29, 0.717) is 12.8 Å². The van der Waals surface area contributed by atoms with Crippen molar-refractivity contribution in [3.05, 3.63) is 35.9 Å². The summed E-state index contributed by atoms with van der Waals surface area (Å²) in [7, 11) is 0. The summed E-state index contributed by atoms with van der Waals surface area (Å²) < 4.78 is 0. The predicted molar refractivity (Wildman–Crippen MR) is 121 cm³/mol. The second-order valence-electron chi connectivity index (χ2n) is 8.35. The van der Waals surface area contributed by atoms with Crippen molar-refractivity contribution in [3.8, 4) is 0 Å². The van der Waals surface area contributed by atoms with Gasteiger partial charge in [0.1, 0.15) is 18.1 Å². The fraction of sp³-hybridized carbons (Fsp3) is 0.565. The average Bonchev–Trinajstić information content (AvgIpc) is 3.35. The van der Waals surface area contributed by atoms with E-state index in [2.05, 4.69) is 21.3 Å². The van der Waals surface area contributed by atoms with Gasteiger partial charge in [-0.1, -0.05) is 50.6 Å². The summed E-state index contributed by atoms with van der Waals surface area (Å²) in [4.78, 5) is 49.8. The summed E-state index contributed by atoms with van der Waals surface area (Å²) in [6.07, 6.45) is 2.24. The van der Waals surface area contributed by atoms with E-state index in [9.17, 15) is 29.4 Å². The average molecular weight is 463 g/mol. The molecule has 10 nitrogen and oxygen atoms in total. The van der Waals surface area contributed by atoms with Crippen LogP contribution < -0.4 is 21.3 Å². The standard InChI is InChI=1S/C23H34N4O6/c1-3-14(2)19(23(32)33)27-22(31)18(13-28)26-21(30)17(12-15-8-5-4-6-9-15)25-20(29)16-10-7-11-24-16/h4-6,8-9,14,16-19,24,28H,3,7,10-13H2,1-2H3,(H,25,29)(H,26,30)(H,27,31)(H,32,33). The summed E-state index contributed by atoms with van der Waals surface area (Å²) in [5.74, 6) is -3.29. The van der Waals surface area contributed by atoms with E-state index in [1.54, 1.807) is 13.8 Å². The highest BCUT2D eigenvalue weighted by atomic mass is 16.4. The molecule has 1 aliphatic rings. The number of aliphatic carboxylic acids is 1. The number of rotatable bonds is 12. The smallest absolute Gasteiger partial charge is 0.326 e. The molecule has 10 heteroatoms. The van der Waals surface area contributed by atoms with Crippen LogP contribution in [-0.2, 0) is 25.6 Å². The first kappa shape index (κ1) is 26.3. The number of amides is 3. The van der Waals surface area contributed by atoms with Crippen LogP contribution in [0.25, 0.3) is 0 Å². The quantitative estimate of drug-likeness (QED) is 0.246. The molecule has 3 amide bonds. The molecule has 1 aromatic rings. The van der Waals surface area contributed by atoms with Crippen molar-refractivity contribution in [2.45, 2.75) is 63.7 Å². The number of carbonyl (C=O) groups excluding carboxylic acids is 3. The summed E-state index contributed by atoms with van der Waals surface area (Å²) in [5, 5.41) is 29.8. The SMILES string of the molecule is CCC(C)C(NC(=O)C(CO)NC(=O)C(Cc1ccccc1)NC(=O)C1CCCN1)C(=O)O. The molecule has 0 saturated carbocycles. The Kier molecular flexibility index (Phi) is 10.3. The lowest BCUT2D eigenvalue weighted by Crippen LogP contribution is -2.59. The monoisotopic (exact) mass is 462 g/mol. The van der Waals surface area contributed by atoms with E-state index in [1.807, 2.05) is 30.3 Å². The predicted octanol–water partition coefficient (Wildman–Crippen LogP) is -0.441. The largest absolute Gasteiger partial charge is 0.480 e. The van der Waals surface area contributed by atoms with E-state index in [1.165, 1.54) is 0 Å². The minimum absolute atomic E-state index is 0.190. The molecule has 1 saturated heterocycles. The van der Waals surface area contributed by atoms with Gasteiger partial charge in [-0.05, 0) is 30.9 Å². The molecule has 1 aromatic carbocycles. The van der Waals surface area contributed by atoms with Gasteiger partial charge in [0.25, 0.3) is 0 Å². The lowest BCUT2D eigenvalue weighted by molar-refractivity contribution is -0.144. The van der Waals surface area contributed by atoms with E-state index >= 15 is 0 Å². The van der Waals surface area contributed by atoms with Crippen LogP contribution >= 0.6 is 0 Å². The maximum absolute atomic E-state index is 13.0. The zero-order chi connectivity index (χ0) is 24.4. The Bertz CT molecular complexity index is 812. The maximum Gasteiger partial charge on any atom is 0.326 e. The minimum Gasteiger partial charge on any atom is -0.480 e. The number of aliphatic hydroxyl groups excluding tert-OH is 1.